The van der Waals surface area contributed by atoms with Crippen molar-refractivity contribution in [3.05, 3.63) is 12.7 Å². The standard InChI is InChI=1S/C13H20N4O3/c1-3-5-13(12(19)20)6-4-7-16(13)11(18)10(2)17-9-14-8-15-17/h8-10H,3-7H2,1-2H3,(H,19,20). The number of carboxylic acid groups (broad SMARTS) is 1. The van der Waals surface area contributed by atoms with E-state index in [-0.39, 0.29) is 5.91 Å². The summed E-state index contributed by atoms with van der Waals surface area (Å²) >= 11 is 0. The minimum absolute atomic E-state index is 0.205. The number of hydrogen-bond donors (Lipinski definition) is 1. The quantitative estimate of drug-likeness (QED) is 0.872. The van der Waals surface area contributed by atoms with Crippen molar-refractivity contribution in [3.63, 3.8) is 0 Å². The lowest BCUT2D eigenvalue weighted by atomic mass is 9.90. The van der Waals surface area contributed by atoms with E-state index >= 15 is 0 Å². The van der Waals surface area contributed by atoms with Crippen LogP contribution in [0, 0.1) is 0 Å². The summed E-state index contributed by atoms with van der Waals surface area (Å²) in [4.78, 5) is 29.7. The van der Waals surface area contributed by atoms with Gasteiger partial charge in [0.25, 0.3) is 0 Å². The fourth-order valence-electron chi connectivity index (χ4n) is 2.96. The van der Waals surface area contributed by atoms with Crippen molar-refractivity contribution in [2.75, 3.05) is 6.54 Å². The van der Waals surface area contributed by atoms with E-state index in [0.717, 1.165) is 12.8 Å². The monoisotopic (exact) mass is 280 g/mol. The van der Waals surface area contributed by atoms with E-state index in [1.165, 1.54) is 22.2 Å². The highest BCUT2D eigenvalue weighted by Crippen LogP contribution is 2.35. The molecule has 0 bridgehead atoms. The second-order valence-electron chi connectivity index (χ2n) is 5.23. The molecular weight excluding hydrogens is 260 g/mol. The molecular formula is C13H20N4O3. The lowest BCUT2D eigenvalue weighted by molar-refractivity contribution is -0.158. The van der Waals surface area contributed by atoms with Crippen molar-refractivity contribution in [3.8, 4) is 0 Å². The normalized spacial score (nSPS) is 23.8. The summed E-state index contributed by atoms with van der Waals surface area (Å²) in [5.41, 5.74) is -1.05. The average molecular weight is 280 g/mol. The molecule has 1 aromatic rings. The predicted octanol–water partition coefficient (Wildman–Crippen LogP) is 1.08. The van der Waals surface area contributed by atoms with Crippen LogP contribution in [0.5, 0.6) is 0 Å². The fourth-order valence-corrected chi connectivity index (χ4v) is 2.96. The Morgan fingerprint density at radius 2 is 2.25 bits per heavy atom. The molecule has 0 aromatic carbocycles. The Morgan fingerprint density at radius 1 is 1.50 bits per heavy atom. The van der Waals surface area contributed by atoms with Crippen molar-refractivity contribution in [2.24, 2.45) is 0 Å². The van der Waals surface area contributed by atoms with Crippen LogP contribution in [0.3, 0.4) is 0 Å². The zero-order valence-corrected chi connectivity index (χ0v) is 11.8. The van der Waals surface area contributed by atoms with Gasteiger partial charge in [0.15, 0.2) is 0 Å². The van der Waals surface area contributed by atoms with Crippen molar-refractivity contribution in [2.45, 2.75) is 51.1 Å². The van der Waals surface area contributed by atoms with Gasteiger partial charge in [-0.2, -0.15) is 5.10 Å². The topological polar surface area (TPSA) is 88.3 Å². The Hall–Kier alpha value is -1.92. The average Bonchev–Trinajstić information content (AvgIpc) is 3.07. The molecule has 0 saturated carbocycles. The lowest BCUT2D eigenvalue weighted by Crippen LogP contribution is -2.54. The number of likely N-dealkylation sites (tertiary alicyclic amines) is 1. The number of amides is 1. The zero-order chi connectivity index (χ0) is 14.8. The van der Waals surface area contributed by atoms with E-state index in [9.17, 15) is 14.7 Å². The molecule has 2 rings (SSSR count). The fraction of sp³-hybridized carbons (Fsp3) is 0.692. The number of nitrogens with zero attached hydrogens (tertiary/aromatic N) is 4. The summed E-state index contributed by atoms with van der Waals surface area (Å²) in [5, 5.41) is 13.6. The third kappa shape index (κ3) is 2.28. The van der Waals surface area contributed by atoms with Crippen LogP contribution in [0.1, 0.15) is 45.6 Å². The van der Waals surface area contributed by atoms with Gasteiger partial charge in [0.05, 0.1) is 0 Å². The Kier molecular flexibility index (Phi) is 4.06. The molecule has 7 nitrogen and oxygen atoms in total. The van der Waals surface area contributed by atoms with Gasteiger partial charge in [-0.05, 0) is 26.2 Å². The maximum absolute atomic E-state index is 12.6. The van der Waals surface area contributed by atoms with E-state index in [0.29, 0.717) is 19.4 Å². The highest BCUT2D eigenvalue weighted by molar-refractivity contribution is 5.89. The molecule has 1 amide bonds. The second kappa shape index (κ2) is 5.60. The number of aliphatic carboxylic acids is 1. The molecule has 2 unspecified atom stereocenters. The van der Waals surface area contributed by atoms with E-state index in [2.05, 4.69) is 10.1 Å². The van der Waals surface area contributed by atoms with E-state index in [1.54, 1.807) is 6.92 Å². The summed E-state index contributed by atoms with van der Waals surface area (Å²) < 4.78 is 1.46. The lowest BCUT2D eigenvalue weighted by Gasteiger charge is -2.36. The van der Waals surface area contributed by atoms with Gasteiger partial charge in [0, 0.05) is 6.54 Å². The number of rotatable bonds is 5. The predicted molar refractivity (Wildman–Crippen MR) is 71.0 cm³/mol. The summed E-state index contributed by atoms with van der Waals surface area (Å²) in [5.74, 6) is -1.11. The van der Waals surface area contributed by atoms with Crippen LogP contribution in [-0.4, -0.2) is 48.7 Å². The van der Waals surface area contributed by atoms with Gasteiger partial charge in [-0.3, -0.25) is 4.79 Å². The number of aromatic nitrogens is 3. The largest absolute Gasteiger partial charge is 0.479 e. The van der Waals surface area contributed by atoms with Crippen molar-refractivity contribution in [1.82, 2.24) is 19.7 Å². The SMILES string of the molecule is CCCC1(C(=O)O)CCCN1C(=O)C(C)n1cncn1. The van der Waals surface area contributed by atoms with Crippen LogP contribution in [0.4, 0.5) is 0 Å². The number of hydrogen-bond acceptors (Lipinski definition) is 4. The van der Waals surface area contributed by atoms with Gasteiger partial charge in [0.2, 0.25) is 5.91 Å². The highest BCUT2D eigenvalue weighted by atomic mass is 16.4. The summed E-state index contributed by atoms with van der Waals surface area (Å²) in [6, 6.07) is -0.536. The molecule has 110 valence electrons. The minimum Gasteiger partial charge on any atom is -0.479 e. The van der Waals surface area contributed by atoms with Crippen molar-refractivity contribution >= 4 is 11.9 Å². The van der Waals surface area contributed by atoms with Crippen LogP contribution in [0.15, 0.2) is 12.7 Å². The molecule has 0 aliphatic carbocycles. The van der Waals surface area contributed by atoms with Crippen LogP contribution in [0.25, 0.3) is 0 Å². The van der Waals surface area contributed by atoms with Crippen LogP contribution >= 0.6 is 0 Å². The first-order chi connectivity index (χ1) is 9.53. The van der Waals surface area contributed by atoms with Gasteiger partial charge >= 0.3 is 5.97 Å². The van der Waals surface area contributed by atoms with Crippen LogP contribution < -0.4 is 0 Å². The molecule has 2 atom stereocenters. The Bertz CT molecular complexity index is 488. The first kappa shape index (κ1) is 14.5. The molecule has 7 heteroatoms. The van der Waals surface area contributed by atoms with Gasteiger partial charge in [-0.25, -0.2) is 14.5 Å². The third-order valence-corrected chi connectivity index (χ3v) is 4.01. The summed E-state index contributed by atoms with van der Waals surface area (Å²) in [6.45, 7) is 4.14. The van der Waals surface area contributed by atoms with Gasteiger partial charge in [-0.15, -0.1) is 0 Å². The number of carboxylic acids is 1. The maximum Gasteiger partial charge on any atom is 0.329 e. The number of carbonyl (C=O) groups is 2. The third-order valence-electron chi connectivity index (χ3n) is 4.01. The van der Waals surface area contributed by atoms with E-state index < -0.39 is 17.6 Å². The molecule has 1 saturated heterocycles. The molecule has 2 heterocycles. The molecule has 20 heavy (non-hydrogen) atoms. The van der Waals surface area contributed by atoms with Gasteiger partial charge < -0.3 is 10.0 Å². The molecule has 1 N–H and O–H groups in total. The van der Waals surface area contributed by atoms with Crippen molar-refractivity contribution < 1.29 is 14.7 Å². The molecule has 0 radical (unpaired) electrons. The number of carbonyl (C=O) groups excluding carboxylic acids is 1. The first-order valence-corrected chi connectivity index (χ1v) is 6.92. The van der Waals surface area contributed by atoms with Crippen LogP contribution in [0.2, 0.25) is 0 Å². The van der Waals surface area contributed by atoms with Crippen LogP contribution in [-0.2, 0) is 9.59 Å². The Balaban J connectivity index is 2.25. The molecule has 1 aliphatic heterocycles. The highest BCUT2D eigenvalue weighted by Gasteiger charge is 2.50. The van der Waals surface area contributed by atoms with E-state index in [1.807, 2.05) is 6.92 Å². The maximum atomic E-state index is 12.6. The Labute approximate surface area is 117 Å². The molecule has 1 aromatic heterocycles. The zero-order valence-electron chi connectivity index (χ0n) is 11.8. The summed E-state index contributed by atoms with van der Waals surface area (Å²) in [7, 11) is 0. The Morgan fingerprint density at radius 3 is 2.80 bits per heavy atom. The molecule has 1 aliphatic rings. The molecule has 0 spiro atoms. The van der Waals surface area contributed by atoms with Crippen molar-refractivity contribution in [1.29, 1.82) is 0 Å². The molecule has 1 fully saturated rings. The van der Waals surface area contributed by atoms with Gasteiger partial charge in [-0.1, -0.05) is 13.3 Å². The first-order valence-electron chi connectivity index (χ1n) is 6.92. The van der Waals surface area contributed by atoms with E-state index in [4.69, 9.17) is 0 Å². The minimum atomic E-state index is -1.05. The summed E-state index contributed by atoms with van der Waals surface area (Å²) in [6.07, 6.45) is 5.30. The smallest absolute Gasteiger partial charge is 0.329 e. The van der Waals surface area contributed by atoms with Gasteiger partial charge in [0.1, 0.15) is 24.2 Å². The second-order valence-corrected chi connectivity index (χ2v) is 5.23.